The van der Waals surface area contributed by atoms with Crippen LogP contribution in [0.4, 0.5) is 0 Å². The van der Waals surface area contributed by atoms with Crippen LogP contribution in [0.5, 0.6) is 0 Å². The predicted molar refractivity (Wildman–Crippen MR) is 74.9 cm³/mol. The lowest BCUT2D eigenvalue weighted by Gasteiger charge is -2.33. The lowest BCUT2D eigenvalue weighted by atomic mass is 9.84. The maximum atomic E-state index is 5.93. The molecule has 0 spiro atoms. The van der Waals surface area contributed by atoms with E-state index in [9.17, 15) is 0 Å². The van der Waals surface area contributed by atoms with E-state index < -0.39 is 0 Å². The highest BCUT2D eigenvalue weighted by atomic mass is 32.2. The highest BCUT2D eigenvalue weighted by Crippen LogP contribution is 2.28. The Morgan fingerprint density at radius 3 is 2.25 bits per heavy atom. The number of thioether (sulfide) groups is 1. The summed E-state index contributed by atoms with van der Waals surface area (Å²) >= 11 is 2.03. The van der Waals surface area contributed by atoms with Gasteiger partial charge >= 0.3 is 0 Å². The highest BCUT2D eigenvalue weighted by Gasteiger charge is 2.33. The van der Waals surface area contributed by atoms with Gasteiger partial charge in [0.25, 0.3) is 0 Å². The molecule has 0 aromatic rings. The Balaban J connectivity index is 2.47. The second kappa shape index (κ2) is 6.27. The monoisotopic (exact) mass is 244 g/mol. The van der Waals surface area contributed by atoms with Gasteiger partial charge in [0.2, 0.25) is 0 Å². The number of nitrogens with two attached hydrogens (primary N) is 1. The Morgan fingerprint density at radius 2 is 1.88 bits per heavy atom. The average molecular weight is 244 g/mol. The van der Waals surface area contributed by atoms with Crippen molar-refractivity contribution in [1.29, 1.82) is 0 Å². The molecule has 1 heterocycles. The lowest BCUT2D eigenvalue weighted by Crippen LogP contribution is -2.53. The first-order chi connectivity index (χ1) is 7.51. The maximum Gasteiger partial charge on any atom is 0.0403 e. The Labute approximate surface area is 105 Å². The molecule has 1 saturated heterocycles. The smallest absolute Gasteiger partial charge is 0.0403 e. The minimum Gasteiger partial charge on any atom is -0.329 e. The molecule has 0 saturated carbocycles. The molecular weight excluding hydrogens is 216 g/mol. The summed E-state index contributed by atoms with van der Waals surface area (Å²) < 4.78 is 0. The molecule has 1 aliphatic rings. The van der Waals surface area contributed by atoms with Gasteiger partial charge in [-0.1, -0.05) is 27.7 Å². The van der Waals surface area contributed by atoms with Crippen LogP contribution >= 0.6 is 11.8 Å². The molecule has 0 bridgehead atoms. The maximum absolute atomic E-state index is 5.93. The fourth-order valence-corrected chi connectivity index (χ4v) is 3.99. The standard InChI is InChI=1S/C13H28N2S/c1-10(2)12(11(3)4)7-15-13(8-14)5-6-16-9-13/h10-12,15H,5-9,14H2,1-4H3. The minimum atomic E-state index is 0.229. The number of nitrogens with one attached hydrogen (secondary N) is 1. The Kier molecular flexibility index (Phi) is 5.62. The molecule has 2 nitrogen and oxygen atoms in total. The number of rotatable bonds is 6. The van der Waals surface area contributed by atoms with Gasteiger partial charge < -0.3 is 11.1 Å². The quantitative estimate of drug-likeness (QED) is 0.753. The second-order valence-electron chi connectivity index (χ2n) is 5.82. The van der Waals surface area contributed by atoms with E-state index in [1.165, 1.54) is 17.9 Å². The molecule has 1 rings (SSSR count). The molecule has 0 aromatic carbocycles. The van der Waals surface area contributed by atoms with E-state index in [4.69, 9.17) is 5.73 Å². The predicted octanol–water partition coefficient (Wildman–Crippen LogP) is 2.34. The Bertz CT molecular complexity index is 190. The first-order valence-electron chi connectivity index (χ1n) is 6.53. The van der Waals surface area contributed by atoms with E-state index in [0.29, 0.717) is 0 Å². The molecule has 0 aromatic heterocycles. The third kappa shape index (κ3) is 3.64. The van der Waals surface area contributed by atoms with Crippen molar-refractivity contribution >= 4 is 11.8 Å². The van der Waals surface area contributed by atoms with Crippen LogP contribution in [0, 0.1) is 17.8 Å². The summed E-state index contributed by atoms with van der Waals surface area (Å²) in [6.07, 6.45) is 1.23. The van der Waals surface area contributed by atoms with E-state index in [1.807, 2.05) is 11.8 Å². The van der Waals surface area contributed by atoms with Crippen molar-refractivity contribution in [3.63, 3.8) is 0 Å². The summed E-state index contributed by atoms with van der Waals surface area (Å²) in [6.45, 7) is 11.2. The topological polar surface area (TPSA) is 38.0 Å². The van der Waals surface area contributed by atoms with Crippen molar-refractivity contribution in [3.05, 3.63) is 0 Å². The van der Waals surface area contributed by atoms with Gasteiger partial charge in [-0.05, 0) is 36.5 Å². The third-order valence-electron chi connectivity index (χ3n) is 3.92. The normalized spacial score (nSPS) is 26.2. The third-order valence-corrected chi connectivity index (χ3v) is 5.17. The molecule has 1 fully saturated rings. The summed E-state index contributed by atoms with van der Waals surface area (Å²) in [5.74, 6) is 4.70. The van der Waals surface area contributed by atoms with Gasteiger partial charge in [0, 0.05) is 17.8 Å². The van der Waals surface area contributed by atoms with Gasteiger partial charge in [-0.3, -0.25) is 0 Å². The van der Waals surface area contributed by atoms with Gasteiger partial charge in [-0.15, -0.1) is 0 Å². The Morgan fingerprint density at radius 1 is 1.25 bits per heavy atom. The van der Waals surface area contributed by atoms with E-state index in [1.54, 1.807) is 0 Å². The molecule has 16 heavy (non-hydrogen) atoms. The van der Waals surface area contributed by atoms with Gasteiger partial charge in [0.1, 0.15) is 0 Å². The largest absolute Gasteiger partial charge is 0.329 e. The number of hydrogen-bond donors (Lipinski definition) is 2. The van der Waals surface area contributed by atoms with Crippen LogP contribution < -0.4 is 11.1 Å². The van der Waals surface area contributed by atoms with Crippen molar-refractivity contribution in [2.24, 2.45) is 23.5 Å². The molecule has 0 aliphatic carbocycles. The summed E-state index contributed by atoms with van der Waals surface area (Å²) in [5.41, 5.74) is 6.16. The molecule has 1 atom stereocenters. The van der Waals surface area contributed by atoms with Gasteiger partial charge in [0.15, 0.2) is 0 Å². The van der Waals surface area contributed by atoms with E-state index in [-0.39, 0.29) is 5.54 Å². The minimum absolute atomic E-state index is 0.229. The molecule has 0 amide bonds. The van der Waals surface area contributed by atoms with E-state index in [2.05, 4.69) is 33.0 Å². The zero-order valence-electron chi connectivity index (χ0n) is 11.3. The fourth-order valence-electron chi connectivity index (χ4n) is 2.56. The first-order valence-corrected chi connectivity index (χ1v) is 7.69. The molecule has 1 aliphatic heterocycles. The van der Waals surface area contributed by atoms with Crippen LogP contribution in [0.1, 0.15) is 34.1 Å². The molecule has 96 valence electrons. The summed E-state index contributed by atoms with van der Waals surface area (Å²) in [6, 6.07) is 0. The SMILES string of the molecule is CC(C)C(CNC1(CN)CCSC1)C(C)C. The molecule has 1 unspecified atom stereocenters. The summed E-state index contributed by atoms with van der Waals surface area (Å²) in [7, 11) is 0. The van der Waals surface area contributed by atoms with Crippen LogP contribution in [0.2, 0.25) is 0 Å². The second-order valence-corrected chi connectivity index (χ2v) is 6.93. The highest BCUT2D eigenvalue weighted by molar-refractivity contribution is 7.99. The lowest BCUT2D eigenvalue weighted by molar-refractivity contribution is 0.241. The van der Waals surface area contributed by atoms with Crippen molar-refractivity contribution < 1.29 is 0 Å². The van der Waals surface area contributed by atoms with Crippen LogP contribution in [-0.2, 0) is 0 Å². The van der Waals surface area contributed by atoms with Crippen LogP contribution in [0.25, 0.3) is 0 Å². The van der Waals surface area contributed by atoms with Crippen molar-refractivity contribution in [1.82, 2.24) is 5.32 Å². The van der Waals surface area contributed by atoms with Crippen molar-refractivity contribution in [3.8, 4) is 0 Å². The molecule has 3 N–H and O–H groups in total. The van der Waals surface area contributed by atoms with Crippen LogP contribution in [0.15, 0.2) is 0 Å². The summed E-state index contributed by atoms with van der Waals surface area (Å²) in [4.78, 5) is 0. The molecular formula is C13H28N2S. The zero-order chi connectivity index (χ0) is 12.2. The summed E-state index contributed by atoms with van der Waals surface area (Å²) in [5, 5.41) is 3.76. The average Bonchev–Trinajstić information content (AvgIpc) is 2.66. The molecule has 3 heteroatoms. The molecule has 0 radical (unpaired) electrons. The fraction of sp³-hybridized carbons (Fsp3) is 1.00. The van der Waals surface area contributed by atoms with E-state index >= 15 is 0 Å². The van der Waals surface area contributed by atoms with Gasteiger partial charge in [-0.2, -0.15) is 11.8 Å². The van der Waals surface area contributed by atoms with Crippen molar-refractivity contribution in [2.75, 3.05) is 24.6 Å². The van der Waals surface area contributed by atoms with Crippen LogP contribution in [0.3, 0.4) is 0 Å². The first kappa shape index (κ1) is 14.3. The van der Waals surface area contributed by atoms with Gasteiger partial charge in [0.05, 0.1) is 0 Å². The number of hydrogen-bond acceptors (Lipinski definition) is 3. The van der Waals surface area contributed by atoms with Gasteiger partial charge in [-0.25, -0.2) is 0 Å². The zero-order valence-corrected chi connectivity index (χ0v) is 12.1. The van der Waals surface area contributed by atoms with Crippen LogP contribution in [-0.4, -0.2) is 30.1 Å². The van der Waals surface area contributed by atoms with E-state index in [0.717, 1.165) is 30.8 Å². The van der Waals surface area contributed by atoms with Crippen molar-refractivity contribution in [2.45, 2.75) is 39.7 Å². The Hall–Kier alpha value is 0.270.